The molecule has 5 aromatic heterocycles. The second-order valence-corrected chi connectivity index (χ2v) is 7.52. The Morgan fingerprint density at radius 2 is 1.06 bits per heavy atom. The third kappa shape index (κ3) is 4.03. The van der Waals surface area contributed by atoms with Gasteiger partial charge in [0.25, 0.3) is 0 Å². The SMILES string of the molecule is Clc1ccc2ncc(-c3ccccc3)n2n1.Clc1ccc2ncc(-c3ccncc3)n2n1. The van der Waals surface area contributed by atoms with Gasteiger partial charge < -0.3 is 0 Å². The van der Waals surface area contributed by atoms with Crippen molar-refractivity contribution in [2.45, 2.75) is 0 Å². The number of rotatable bonds is 2. The second kappa shape index (κ2) is 8.74. The van der Waals surface area contributed by atoms with E-state index in [1.165, 1.54) is 0 Å². The van der Waals surface area contributed by atoms with Crippen molar-refractivity contribution in [3.8, 4) is 22.5 Å². The van der Waals surface area contributed by atoms with Crippen molar-refractivity contribution >= 4 is 34.5 Å². The summed E-state index contributed by atoms with van der Waals surface area (Å²) in [7, 11) is 0. The quantitative estimate of drug-likeness (QED) is 0.342. The lowest BCUT2D eigenvalue weighted by molar-refractivity contribution is 0.943. The molecule has 0 fully saturated rings. The molecule has 0 amide bonds. The van der Waals surface area contributed by atoms with Crippen LogP contribution in [0.3, 0.4) is 0 Å². The predicted octanol–water partition coefficient (Wildman–Crippen LogP) is 5.49. The maximum absolute atomic E-state index is 5.88. The van der Waals surface area contributed by atoms with E-state index >= 15 is 0 Å². The molecule has 0 saturated carbocycles. The van der Waals surface area contributed by atoms with E-state index in [1.807, 2.05) is 54.6 Å². The molecule has 0 N–H and O–H groups in total. The predicted molar refractivity (Wildman–Crippen MR) is 125 cm³/mol. The number of imidazole rings is 2. The number of hydrogen-bond donors (Lipinski definition) is 0. The highest BCUT2D eigenvalue weighted by Gasteiger charge is 2.07. The van der Waals surface area contributed by atoms with Crippen LogP contribution in [-0.2, 0) is 0 Å². The minimum absolute atomic E-state index is 0.445. The summed E-state index contributed by atoms with van der Waals surface area (Å²) in [5, 5.41) is 9.35. The van der Waals surface area contributed by atoms with Crippen molar-refractivity contribution in [2.75, 3.05) is 0 Å². The lowest BCUT2D eigenvalue weighted by atomic mass is 10.2. The zero-order valence-electron chi connectivity index (χ0n) is 16.5. The fraction of sp³-hybridized carbons (Fsp3) is 0. The zero-order chi connectivity index (χ0) is 21.9. The van der Waals surface area contributed by atoms with Crippen LogP contribution >= 0.6 is 23.2 Å². The van der Waals surface area contributed by atoms with Crippen LogP contribution in [0.25, 0.3) is 33.8 Å². The number of fused-ring (bicyclic) bond motifs is 2. The summed E-state index contributed by atoms with van der Waals surface area (Å²) in [5.41, 5.74) is 5.50. The number of halogens is 2. The minimum Gasteiger partial charge on any atom is -0.265 e. The van der Waals surface area contributed by atoms with Gasteiger partial charge >= 0.3 is 0 Å². The second-order valence-electron chi connectivity index (χ2n) is 6.74. The summed E-state index contributed by atoms with van der Waals surface area (Å²) in [6.07, 6.45) is 7.04. The molecule has 32 heavy (non-hydrogen) atoms. The van der Waals surface area contributed by atoms with E-state index in [1.54, 1.807) is 46.0 Å². The molecular weight excluding hydrogens is 445 g/mol. The monoisotopic (exact) mass is 459 g/mol. The Morgan fingerprint density at radius 1 is 0.562 bits per heavy atom. The fourth-order valence-electron chi connectivity index (χ4n) is 3.23. The fourth-order valence-corrected chi connectivity index (χ4v) is 3.50. The molecule has 6 aromatic rings. The van der Waals surface area contributed by atoms with Crippen molar-refractivity contribution in [2.24, 2.45) is 0 Å². The van der Waals surface area contributed by atoms with Crippen molar-refractivity contribution in [1.82, 2.24) is 34.2 Å². The van der Waals surface area contributed by atoms with Gasteiger partial charge in [0.1, 0.15) is 10.3 Å². The highest BCUT2D eigenvalue weighted by atomic mass is 35.5. The molecule has 6 rings (SSSR count). The van der Waals surface area contributed by atoms with E-state index in [9.17, 15) is 0 Å². The van der Waals surface area contributed by atoms with Gasteiger partial charge in [0, 0.05) is 23.5 Å². The van der Waals surface area contributed by atoms with Gasteiger partial charge in [0.05, 0.1) is 23.8 Å². The van der Waals surface area contributed by atoms with Crippen LogP contribution in [0.1, 0.15) is 0 Å². The van der Waals surface area contributed by atoms with Crippen molar-refractivity contribution in [3.05, 3.63) is 102 Å². The number of pyridine rings is 1. The summed E-state index contributed by atoms with van der Waals surface area (Å²) in [5.74, 6) is 0. The summed E-state index contributed by atoms with van der Waals surface area (Å²) in [6, 6.07) is 20.9. The van der Waals surface area contributed by atoms with E-state index < -0.39 is 0 Å². The minimum atomic E-state index is 0.445. The molecule has 1 aromatic carbocycles. The van der Waals surface area contributed by atoms with E-state index in [4.69, 9.17) is 23.2 Å². The molecule has 7 nitrogen and oxygen atoms in total. The molecule has 9 heteroatoms. The number of aromatic nitrogens is 7. The molecule has 0 aliphatic carbocycles. The van der Waals surface area contributed by atoms with Gasteiger partial charge in [-0.1, -0.05) is 53.5 Å². The van der Waals surface area contributed by atoms with Gasteiger partial charge in [0.2, 0.25) is 0 Å². The molecule has 5 heterocycles. The molecule has 0 unspecified atom stereocenters. The van der Waals surface area contributed by atoms with Crippen LogP contribution in [0.4, 0.5) is 0 Å². The van der Waals surface area contributed by atoms with Crippen molar-refractivity contribution < 1.29 is 0 Å². The van der Waals surface area contributed by atoms with Gasteiger partial charge in [-0.2, -0.15) is 10.2 Å². The van der Waals surface area contributed by atoms with Crippen LogP contribution < -0.4 is 0 Å². The first-order valence-electron chi connectivity index (χ1n) is 9.65. The summed E-state index contributed by atoms with van der Waals surface area (Å²) in [6.45, 7) is 0. The van der Waals surface area contributed by atoms with Gasteiger partial charge in [-0.25, -0.2) is 19.0 Å². The molecule has 0 aliphatic heterocycles. The average molecular weight is 460 g/mol. The van der Waals surface area contributed by atoms with Gasteiger partial charge in [-0.15, -0.1) is 0 Å². The van der Waals surface area contributed by atoms with Crippen LogP contribution in [-0.4, -0.2) is 34.2 Å². The summed E-state index contributed by atoms with van der Waals surface area (Å²) < 4.78 is 3.47. The van der Waals surface area contributed by atoms with Crippen molar-refractivity contribution in [1.29, 1.82) is 0 Å². The van der Waals surface area contributed by atoms with Crippen LogP contribution in [0, 0.1) is 0 Å². The molecule has 0 spiro atoms. The Bertz CT molecular complexity index is 1380. The van der Waals surface area contributed by atoms with E-state index in [0.717, 1.165) is 33.8 Å². The molecule has 156 valence electrons. The van der Waals surface area contributed by atoms with Crippen LogP contribution in [0.2, 0.25) is 10.3 Å². The van der Waals surface area contributed by atoms with Gasteiger partial charge in [-0.3, -0.25) is 4.98 Å². The summed E-state index contributed by atoms with van der Waals surface area (Å²) in [4.78, 5) is 12.5. The third-order valence-corrected chi connectivity index (χ3v) is 5.11. The highest BCUT2D eigenvalue weighted by molar-refractivity contribution is 6.29. The largest absolute Gasteiger partial charge is 0.265 e. The number of nitrogens with zero attached hydrogens (tertiary/aromatic N) is 7. The first-order chi connectivity index (χ1) is 15.7. The van der Waals surface area contributed by atoms with Gasteiger partial charge in [-0.05, 0) is 36.4 Å². The summed E-state index contributed by atoms with van der Waals surface area (Å²) >= 11 is 11.7. The smallest absolute Gasteiger partial charge is 0.154 e. The Kier molecular flexibility index (Phi) is 5.49. The first-order valence-corrected chi connectivity index (χ1v) is 10.4. The lowest BCUT2D eigenvalue weighted by Gasteiger charge is -2.00. The normalized spacial score (nSPS) is 10.8. The Morgan fingerprint density at radius 3 is 1.59 bits per heavy atom. The maximum atomic E-state index is 5.88. The maximum Gasteiger partial charge on any atom is 0.154 e. The molecular formula is C23H15Cl2N7. The highest BCUT2D eigenvalue weighted by Crippen LogP contribution is 2.21. The van der Waals surface area contributed by atoms with E-state index in [-0.39, 0.29) is 0 Å². The first kappa shape index (κ1) is 20.1. The molecule has 0 aliphatic rings. The van der Waals surface area contributed by atoms with Gasteiger partial charge in [0.15, 0.2) is 11.3 Å². The number of benzene rings is 1. The standard InChI is InChI=1S/C12H8ClN3.C11H7ClN4/c13-11-6-7-12-14-8-10(16(12)15-11)9-4-2-1-3-5-9;12-10-1-2-11-14-7-9(16(11)15-10)8-3-5-13-6-4-8/h1-8H;1-7H. The lowest BCUT2D eigenvalue weighted by Crippen LogP contribution is -1.93. The third-order valence-electron chi connectivity index (χ3n) is 4.71. The zero-order valence-corrected chi connectivity index (χ0v) is 18.1. The molecule has 0 atom stereocenters. The topological polar surface area (TPSA) is 73.3 Å². The molecule has 0 radical (unpaired) electrons. The Hall–Kier alpha value is -3.81. The van der Waals surface area contributed by atoms with Crippen molar-refractivity contribution in [3.63, 3.8) is 0 Å². The van der Waals surface area contributed by atoms with Crippen LogP contribution in [0.15, 0.2) is 91.5 Å². The van der Waals surface area contributed by atoms with E-state index in [2.05, 4.69) is 25.1 Å². The van der Waals surface area contributed by atoms with Crippen LogP contribution in [0.5, 0.6) is 0 Å². The Labute approximate surface area is 192 Å². The Balaban J connectivity index is 0.000000135. The van der Waals surface area contributed by atoms with E-state index in [0.29, 0.717) is 10.3 Å². The molecule has 0 saturated heterocycles. The average Bonchev–Trinajstić information content (AvgIpc) is 3.44. The number of hydrogen-bond acceptors (Lipinski definition) is 5. The molecule has 0 bridgehead atoms.